The summed E-state index contributed by atoms with van der Waals surface area (Å²) in [5.41, 5.74) is 2.29. The van der Waals surface area contributed by atoms with Crippen LogP contribution in [0.4, 0.5) is 5.69 Å². The highest BCUT2D eigenvalue weighted by Gasteiger charge is 2.13. The number of carbonyl (C=O) groups is 2. The number of aliphatic hydroxyl groups is 1. The fourth-order valence-electron chi connectivity index (χ4n) is 2.31. The number of hydrogen-bond acceptors (Lipinski definition) is 3. The molecule has 126 valence electrons. The van der Waals surface area contributed by atoms with Gasteiger partial charge in [-0.2, -0.15) is 0 Å². The second kappa shape index (κ2) is 8.26. The van der Waals surface area contributed by atoms with Gasteiger partial charge in [-0.25, -0.2) is 0 Å². The summed E-state index contributed by atoms with van der Waals surface area (Å²) in [5.74, 6) is -0.279. The highest BCUT2D eigenvalue weighted by atomic mass is 16.3. The smallest absolute Gasteiger partial charge is 0.227 e. The Bertz CT molecular complexity index is 701. The molecule has 5 nitrogen and oxygen atoms in total. The molecule has 0 aliphatic rings. The van der Waals surface area contributed by atoms with Gasteiger partial charge in [0, 0.05) is 26.2 Å². The van der Waals surface area contributed by atoms with Crippen molar-refractivity contribution >= 4 is 17.5 Å². The highest BCUT2D eigenvalue weighted by Crippen LogP contribution is 2.18. The first kappa shape index (κ1) is 17.7. The van der Waals surface area contributed by atoms with E-state index in [0.717, 1.165) is 5.56 Å². The Morgan fingerprint density at radius 3 is 2.50 bits per heavy atom. The lowest BCUT2D eigenvalue weighted by molar-refractivity contribution is -0.128. The summed E-state index contributed by atoms with van der Waals surface area (Å²) in [5, 5.41) is 12.9. The van der Waals surface area contributed by atoms with Gasteiger partial charge in [0.1, 0.15) is 0 Å². The number of hydrogen-bond donors (Lipinski definition) is 2. The molecule has 0 fully saturated rings. The van der Waals surface area contributed by atoms with Crippen molar-refractivity contribution in [2.45, 2.75) is 26.0 Å². The van der Waals surface area contributed by atoms with E-state index in [1.807, 2.05) is 36.4 Å². The average molecular weight is 326 g/mol. The Hall–Kier alpha value is -2.66. The van der Waals surface area contributed by atoms with Gasteiger partial charge in [0.05, 0.1) is 12.5 Å². The largest absolute Gasteiger partial charge is 0.388 e. The first-order valence-electron chi connectivity index (χ1n) is 7.79. The van der Waals surface area contributed by atoms with Gasteiger partial charge in [0.15, 0.2) is 0 Å². The summed E-state index contributed by atoms with van der Waals surface area (Å²) in [6, 6.07) is 16.4. The van der Waals surface area contributed by atoms with Crippen molar-refractivity contribution in [2.24, 2.45) is 0 Å². The van der Waals surface area contributed by atoms with Gasteiger partial charge in [0.2, 0.25) is 11.8 Å². The molecule has 2 rings (SSSR count). The zero-order valence-corrected chi connectivity index (χ0v) is 13.9. The zero-order valence-electron chi connectivity index (χ0n) is 13.9. The Morgan fingerprint density at radius 1 is 1.12 bits per heavy atom. The van der Waals surface area contributed by atoms with Gasteiger partial charge in [-0.3, -0.25) is 9.59 Å². The van der Waals surface area contributed by atoms with Crippen LogP contribution in [0.25, 0.3) is 0 Å². The van der Waals surface area contributed by atoms with E-state index in [4.69, 9.17) is 0 Å². The number of benzene rings is 2. The lowest BCUT2D eigenvalue weighted by Gasteiger charge is -2.16. The van der Waals surface area contributed by atoms with E-state index < -0.39 is 6.10 Å². The van der Waals surface area contributed by atoms with Gasteiger partial charge >= 0.3 is 0 Å². The maximum atomic E-state index is 12.1. The van der Waals surface area contributed by atoms with Crippen LogP contribution in [0.2, 0.25) is 0 Å². The number of nitrogens with zero attached hydrogens (tertiary/aromatic N) is 1. The predicted molar refractivity (Wildman–Crippen MR) is 93.2 cm³/mol. The van der Waals surface area contributed by atoms with Crippen LogP contribution in [-0.4, -0.2) is 28.9 Å². The quantitative estimate of drug-likeness (QED) is 0.857. The summed E-state index contributed by atoms with van der Waals surface area (Å²) < 4.78 is 0. The van der Waals surface area contributed by atoms with Crippen LogP contribution < -0.4 is 5.32 Å². The zero-order chi connectivity index (χ0) is 17.5. The maximum absolute atomic E-state index is 12.1. The van der Waals surface area contributed by atoms with Crippen LogP contribution in [0, 0.1) is 0 Å². The highest BCUT2D eigenvalue weighted by molar-refractivity contribution is 5.91. The second-order valence-corrected chi connectivity index (χ2v) is 5.75. The lowest BCUT2D eigenvalue weighted by atomic mass is 10.1. The summed E-state index contributed by atoms with van der Waals surface area (Å²) in [6.07, 6.45) is -0.847. The number of amides is 2. The fraction of sp³-hybridized carbons (Fsp3) is 0.263. The molecular formula is C19H22N2O3. The van der Waals surface area contributed by atoms with Crippen LogP contribution in [0.1, 0.15) is 30.6 Å². The van der Waals surface area contributed by atoms with Crippen molar-refractivity contribution in [1.82, 2.24) is 4.90 Å². The molecule has 0 spiro atoms. The van der Waals surface area contributed by atoms with Gasteiger partial charge in [0.25, 0.3) is 0 Å². The van der Waals surface area contributed by atoms with Crippen LogP contribution in [0.15, 0.2) is 54.6 Å². The lowest BCUT2D eigenvalue weighted by Crippen LogP contribution is -2.23. The Morgan fingerprint density at radius 2 is 1.83 bits per heavy atom. The number of aliphatic hydroxyl groups excluding tert-OH is 1. The first-order chi connectivity index (χ1) is 11.5. The summed E-state index contributed by atoms with van der Waals surface area (Å²) >= 11 is 0. The summed E-state index contributed by atoms with van der Waals surface area (Å²) in [4.78, 5) is 25.0. The number of carbonyl (C=O) groups excluding carboxylic acids is 2. The van der Waals surface area contributed by atoms with Crippen molar-refractivity contribution in [3.63, 3.8) is 0 Å². The van der Waals surface area contributed by atoms with Crippen LogP contribution in [-0.2, 0) is 16.1 Å². The molecule has 5 heteroatoms. The van der Waals surface area contributed by atoms with E-state index in [0.29, 0.717) is 17.8 Å². The number of nitrogens with one attached hydrogen (secondary N) is 1. The molecular weight excluding hydrogens is 304 g/mol. The maximum Gasteiger partial charge on any atom is 0.227 e. The second-order valence-electron chi connectivity index (χ2n) is 5.75. The van der Waals surface area contributed by atoms with E-state index in [-0.39, 0.29) is 18.2 Å². The van der Waals surface area contributed by atoms with E-state index >= 15 is 0 Å². The molecule has 2 N–H and O–H groups in total. The van der Waals surface area contributed by atoms with E-state index in [1.165, 1.54) is 6.92 Å². The Balaban J connectivity index is 1.95. The molecule has 0 bridgehead atoms. The third-order valence-corrected chi connectivity index (χ3v) is 3.73. The molecule has 0 aliphatic heterocycles. The van der Waals surface area contributed by atoms with Crippen LogP contribution in [0.3, 0.4) is 0 Å². The van der Waals surface area contributed by atoms with Crippen molar-refractivity contribution in [1.29, 1.82) is 0 Å². The van der Waals surface area contributed by atoms with Gasteiger partial charge < -0.3 is 15.3 Å². The summed E-state index contributed by atoms with van der Waals surface area (Å²) in [6.45, 7) is 1.99. The third kappa shape index (κ3) is 5.21. The summed E-state index contributed by atoms with van der Waals surface area (Å²) in [7, 11) is 1.73. The van der Waals surface area contributed by atoms with Crippen molar-refractivity contribution in [2.75, 3.05) is 12.4 Å². The average Bonchev–Trinajstić information content (AvgIpc) is 2.55. The van der Waals surface area contributed by atoms with Crippen LogP contribution in [0.5, 0.6) is 0 Å². The number of rotatable bonds is 6. The molecule has 0 radical (unpaired) electrons. The molecule has 2 aromatic rings. The van der Waals surface area contributed by atoms with Crippen molar-refractivity contribution in [3.05, 3.63) is 65.7 Å². The molecule has 0 heterocycles. The van der Waals surface area contributed by atoms with E-state index in [2.05, 4.69) is 5.32 Å². The minimum absolute atomic E-state index is 0.0123. The molecule has 1 atom stereocenters. The first-order valence-corrected chi connectivity index (χ1v) is 7.79. The molecule has 0 aromatic heterocycles. The number of anilines is 1. The van der Waals surface area contributed by atoms with Crippen molar-refractivity contribution in [3.8, 4) is 0 Å². The van der Waals surface area contributed by atoms with E-state index in [9.17, 15) is 14.7 Å². The topological polar surface area (TPSA) is 69.6 Å². The SMILES string of the molecule is CC(=O)N(C)Cc1cccc(NC(=O)CC(O)c2ccccc2)c1. The normalized spacial score (nSPS) is 11.6. The standard InChI is InChI=1S/C19H22N2O3/c1-14(22)21(2)13-15-7-6-10-17(11-15)20-19(24)12-18(23)16-8-4-3-5-9-16/h3-11,18,23H,12-13H2,1-2H3,(H,20,24). The third-order valence-electron chi connectivity index (χ3n) is 3.73. The van der Waals surface area contributed by atoms with Crippen LogP contribution >= 0.6 is 0 Å². The molecule has 1 unspecified atom stereocenters. The minimum atomic E-state index is -0.835. The van der Waals surface area contributed by atoms with Gasteiger partial charge in [-0.15, -0.1) is 0 Å². The molecule has 24 heavy (non-hydrogen) atoms. The fourth-order valence-corrected chi connectivity index (χ4v) is 2.31. The van der Waals surface area contributed by atoms with E-state index in [1.54, 1.807) is 30.1 Å². The Kier molecular flexibility index (Phi) is 6.09. The Labute approximate surface area is 141 Å². The molecule has 0 saturated heterocycles. The van der Waals surface area contributed by atoms with Crippen molar-refractivity contribution < 1.29 is 14.7 Å². The molecule has 0 aliphatic carbocycles. The van der Waals surface area contributed by atoms with Gasteiger partial charge in [-0.1, -0.05) is 42.5 Å². The van der Waals surface area contributed by atoms with Gasteiger partial charge in [-0.05, 0) is 23.3 Å². The predicted octanol–water partition coefficient (Wildman–Crippen LogP) is 2.73. The monoisotopic (exact) mass is 326 g/mol. The minimum Gasteiger partial charge on any atom is -0.388 e. The molecule has 0 saturated carbocycles. The molecule has 2 amide bonds. The molecule has 2 aromatic carbocycles.